The third-order valence-corrected chi connectivity index (χ3v) is 15.7. The molecule has 0 spiro atoms. The van der Waals surface area contributed by atoms with Gasteiger partial charge >= 0.3 is 12.2 Å². The summed E-state index contributed by atoms with van der Waals surface area (Å²) in [5.41, 5.74) is 11.6. The van der Waals surface area contributed by atoms with E-state index < -0.39 is 11.2 Å². The van der Waals surface area contributed by atoms with Gasteiger partial charge in [-0.1, -0.05) is 127 Å². The molecule has 6 atom stereocenters. The van der Waals surface area contributed by atoms with Crippen LogP contribution in [0.25, 0.3) is 32.3 Å². The van der Waals surface area contributed by atoms with Crippen molar-refractivity contribution < 1.29 is 19.1 Å². The second kappa shape index (κ2) is 33.1. The molecule has 474 valence electrons. The Bertz CT molecular complexity index is 4000. The highest BCUT2D eigenvalue weighted by Crippen LogP contribution is 2.32. The van der Waals surface area contributed by atoms with Crippen LogP contribution >= 0.6 is 36.7 Å². The summed E-state index contributed by atoms with van der Waals surface area (Å²) in [5, 5.41) is 34.3. The minimum atomic E-state index is -0.537. The topological polar surface area (TPSA) is 220 Å². The quantitative estimate of drug-likeness (QED) is 0.0615. The zero-order valence-corrected chi connectivity index (χ0v) is 55.3. The van der Waals surface area contributed by atoms with E-state index in [-0.39, 0.29) is 42.1 Å². The molecule has 0 radical (unpaired) electrons. The van der Waals surface area contributed by atoms with Gasteiger partial charge in [0, 0.05) is 157 Å². The Kier molecular flexibility index (Phi) is 24.7. The number of fused-ring (bicyclic) bond motifs is 3. The number of ether oxygens (including phenoxy) is 2. The number of likely N-dealkylation sites (tertiary alicyclic amines) is 2. The number of pyridine rings is 3. The molecular weight excluding hydrogens is 1210 g/mol. The average Bonchev–Trinajstić information content (AvgIpc) is 1.49. The standard InChI is InChI=1S/C25H28N4O2S.C20H20N4S.C15H22N2O2.C10H6N2S.C2H3N/c1-25(2,3)31-24(30)29-15-20(17-8-5-4-6-9-17)22(16-29)28-23(32)27-21-11-7-10-18-14-26-13-12-19(18)21;25-20(23-18-8-4-7-15-11-21-10-9-16(15)18)24-19-13-22-12-17(19)14-5-2-1-3-6-14;1-15(2,3)19-14(18)17-9-12(13(16)10-17)11-7-5-4-6-8-11;13-7-12-10-3-1-2-8-6-11-5-4-9(8)10;1-2-3/h4-14,20,22H,15-16H2,1-3H3,(H2,27,28,32);1-11,17,19,22H,12-13H2,(H2,23,24,25);4-8,12-13H,9-10,16H2,1-3H3;1-6H;1H3/t20-,22+;17-,19+;12-,13+;;/m000../s1. The van der Waals surface area contributed by atoms with Gasteiger partial charge in [0.2, 0.25) is 0 Å². The Morgan fingerprint density at radius 1 is 0.554 bits per heavy atom. The van der Waals surface area contributed by atoms with E-state index in [1.165, 1.54) is 18.1 Å². The molecule has 12 rings (SSSR count). The molecular formula is C72H79N13O4S3. The van der Waals surface area contributed by atoms with Crippen LogP contribution < -0.4 is 32.3 Å². The fourth-order valence-electron chi connectivity index (χ4n) is 11.1. The van der Waals surface area contributed by atoms with Crippen LogP contribution in [0.2, 0.25) is 0 Å². The van der Waals surface area contributed by atoms with Crippen LogP contribution in [0.3, 0.4) is 0 Å². The summed E-state index contributed by atoms with van der Waals surface area (Å²) in [6.45, 7) is 16.8. The number of nitrogens with two attached hydrogens (primary N) is 1. The number of aromatic nitrogens is 3. The summed E-state index contributed by atoms with van der Waals surface area (Å²) in [4.78, 5) is 44.6. The van der Waals surface area contributed by atoms with Gasteiger partial charge in [-0.15, -0.1) is 0 Å². The SMILES string of the molecule is CC#N.CC(C)(C)OC(=O)N1C[C@@H](N)[C@H](c2ccccc2)C1.CC(C)(C)OC(=O)N1C[C@@H](NC(=S)Nc2cccc3cnccc23)[C@H](c2ccccc2)C1.S=C(Nc1cccc2cnccc12)N[C@@H]1CNC[C@H]1c1ccccc1.S=C=Nc1cccc2cnccc12. The number of aliphatic imine (C=N–C) groups is 1. The molecule has 0 saturated carbocycles. The number of amides is 2. The van der Waals surface area contributed by atoms with Gasteiger partial charge in [-0.3, -0.25) is 15.0 Å². The molecule has 2 amide bonds. The first-order valence-corrected chi connectivity index (χ1v) is 31.6. The number of isothiocyanates is 1. The Morgan fingerprint density at radius 3 is 1.45 bits per heavy atom. The highest BCUT2D eigenvalue weighted by Gasteiger charge is 2.39. The number of hydrogen-bond donors (Lipinski definition) is 6. The van der Waals surface area contributed by atoms with Crippen LogP contribution in [0.15, 0.2) is 206 Å². The highest BCUT2D eigenvalue weighted by atomic mass is 32.1. The van der Waals surface area contributed by atoms with E-state index in [0.717, 1.165) is 68.0 Å². The summed E-state index contributed by atoms with van der Waals surface area (Å²) in [6.07, 6.45) is 10.2. The van der Waals surface area contributed by atoms with Crippen molar-refractivity contribution >= 4 is 114 Å². The van der Waals surface area contributed by atoms with Crippen molar-refractivity contribution in [3.05, 3.63) is 218 Å². The molecule has 3 fully saturated rings. The number of anilines is 2. The minimum absolute atomic E-state index is 0.0325. The summed E-state index contributed by atoms with van der Waals surface area (Å²) >= 11 is 15.8. The Morgan fingerprint density at radius 2 is 0.967 bits per heavy atom. The number of carbonyl (C=O) groups is 2. The lowest BCUT2D eigenvalue weighted by molar-refractivity contribution is 0.0280. The minimum Gasteiger partial charge on any atom is -0.444 e. The average molecular weight is 1290 g/mol. The summed E-state index contributed by atoms with van der Waals surface area (Å²) in [6, 6.07) is 56.6. The number of carbonyl (C=O) groups excluding carboxylic acids is 2. The smallest absolute Gasteiger partial charge is 0.410 e. The second-order valence-electron chi connectivity index (χ2n) is 24.2. The van der Waals surface area contributed by atoms with E-state index in [9.17, 15) is 9.59 Å². The lowest BCUT2D eigenvalue weighted by atomic mass is 9.94. The van der Waals surface area contributed by atoms with Gasteiger partial charge in [0.25, 0.3) is 0 Å². The first-order chi connectivity index (χ1) is 44.3. The van der Waals surface area contributed by atoms with Gasteiger partial charge in [0.1, 0.15) is 11.2 Å². The second-order valence-corrected chi connectivity index (χ2v) is 25.2. The van der Waals surface area contributed by atoms with Crippen molar-refractivity contribution in [2.24, 2.45) is 10.7 Å². The lowest BCUT2D eigenvalue weighted by Crippen LogP contribution is -2.43. The summed E-state index contributed by atoms with van der Waals surface area (Å²) in [7, 11) is 0. The maximum atomic E-state index is 12.7. The maximum absolute atomic E-state index is 12.7. The predicted octanol–water partition coefficient (Wildman–Crippen LogP) is 14.0. The van der Waals surface area contributed by atoms with Crippen molar-refractivity contribution in [1.82, 2.24) is 40.7 Å². The zero-order chi connectivity index (χ0) is 65.6. The number of hydrogen-bond acceptors (Lipinski definition) is 14. The fourth-order valence-corrected chi connectivity index (χ4v) is 11.7. The normalized spacial score (nSPS) is 18.0. The van der Waals surface area contributed by atoms with E-state index in [1.54, 1.807) is 40.7 Å². The molecule has 6 aromatic carbocycles. The molecule has 3 aliphatic rings. The van der Waals surface area contributed by atoms with Crippen molar-refractivity contribution in [2.45, 2.75) is 95.5 Å². The van der Waals surface area contributed by atoms with E-state index in [0.29, 0.717) is 42.3 Å². The summed E-state index contributed by atoms with van der Waals surface area (Å²) < 4.78 is 11.0. The Hall–Kier alpha value is -9.32. The Balaban J connectivity index is 0.000000162. The molecule has 3 aromatic heterocycles. The first-order valence-electron chi connectivity index (χ1n) is 30.4. The van der Waals surface area contributed by atoms with Crippen LogP contribution in [-0.2, 0) is 9.47 Å². The number of benzene rings is 6. The third-order valence-electron chi connectivity index (χ3n) is 15.2. The predicted molar refractivity (Wildman–Crippen MR) is 381 cm³/mol. The van der Waals surface area contributed by atoms with Crippen molar-refractivity contribution in [2.75, 3.05) is 49.9 Å². The van der Waals surface area contributed by atoms with Gasteiger partial charge in [-0.2, -0.15) is 10.3 Å². The van der Waals surface area contributed by atoms with Crippen LogP contribution in [0, 0.1) is 11.3 Å². The molecule has 3 saturated heterocycles. The monoisotopic (exact) mass is 1290 g/mol. The lowest BCUT2D eigenvalue weighted by Gasteiger charge is -2.24. The molecule has 7 N–H and O–H groups in total. The van der Waals surface area contributed by atoms with Gasteiger partial charge in [-0.25, -0.2) is 9.59 Å². The van der Waals surface area contributed by atoms with Gasteiger partial charge in [0.05, 0.1) is 23.0 Å². The molecule has 3 aliphatic heterocycles. The fraction of sp³-hybridized carbons (Fsp3) is 0.292. The number of rotatable bonds is 8. The first kappa shape index (κ1) is 68.6. The largest absolute Gasteiger partial charge is 0.444 e. The molecule has 9 aromatic rings. The summed E-state index contributed by atoms with van der Waals surface area (Å²) in [5.74, 6) is 0.701. The highest BCUT2D eigenvalue weighted by molar-refractivity contribution is 7.80. The molecule has 92 heavy (non-hydrogen) atoms. The Labute approximate surface area is 555 Å². The van der Waals surface area contributed by atoms with Crippen molar-refractivity contribution in [3.8, 4) is 6.07 Å². The molecule has 0 unspecified atom stereocenters. The molecule has 6 heterocycles. The molecule has 0 aliphatic carbocycles. The van der Waals surface area contributed by atoms with Crippen LogP contribution in [0.1, 0.15) is 82.9 Å². The number of thiocarbonyl (C=S) groups is 3. The number of nitrogens with zero attached hydrogens (tertiary/aromatic N) is 7. The van der Waals surface area contributed by atoms with E-state index >= 15 is 0 Å². The number of nitriles is 1. The van der Waals surface area contributed by atoms with Crippen molar-refractivity contribution in [1.29, 1.82) is 5.26 Å². The van der Waals surface area contributed by atoms with Gasteiger partial charge in [0.15, 0.2) is 10.2 Å². The van der Waals surface area contributed by atoms with Crippen molar-refractivity contribution in [3.63, 3.8) is 0 Å². The maximum Gasteiger partial charge on any atom is 0.410 e. The van der Waals surface area contributed by atoms with E-state index in [1.807, 2.05) is 157 Å². The van der Waals surface area contributed by atoms with E-state index in [4.69, 9.17) is 44.9 Å². The molecule has 17 nitrogen and oxygen atoms in total. The van der Waals surface area contributed by atoms with E-state index in [2.05, 4.69) is 125 Å². The zero-order valence-electron chi connectivity index (χ0n) is 52.8. The van der Waals surface area contributed by atoms with Gasteiger partial charge < -0.3 is 51.6 Å². The third kappa shape index (κ3) is 19.8. The van der Waals surface area contributed by atoms with Crippen LogP contribution in [0.5, 0.6) is 0 Å². The molecule has 0 bridgehead atoms. The molecule has 20 heteroatoms. The number of nitrogens with one attached hydrogen (secondary N) is 5. The van der Waals surface area contributed by atoms with Crippen LogP contribution in [0.4, 0.5) is 26.7 Å². The van der Waals surface area contributed by atoms with Crippen LogP contribution in [-0.4, -0.2) is 121 Å². The van der Waals surface area contributed by atoms with Gasteiger partial charge in [-0.05, 0) is 131 Å².